The standard InChI is InChI=1S/C25H21ClN4O4S/c1-15(2)17-7-4-6-10-21(17)29-24(32)18-8-3-5-9-19(18)28-25(29)35-14-23(31)27-20-12-11-16(26)13-22(20)30(33)34/h3-13,15H,14H2,1-2H3,(H,27,31). The predicted octanol–water partition coefficient (Wildman–Crippen LogP) is 5.80. The molecular formula is C25H21ClN4O4S. The SMILES string of the molecule is CC(C)c1ccccc1-n1c(SCC(=O)Nc2ccc(Cl)cc2[N+](=O)[O-])nc2ccccc2c1=O. The molecule has 3 aromatic carbocycles. The van der Waals surface area contributed by atoms with Crippen LogP contribution in [-0.2, 0) is 4.79 Å². The lowest BCUT2D eigenvalue weighted by Crippen LogP contribution is -2.24. The minimum atomic E-state index is -0.611. The van der Waals surface area contributed by atoms with Crippen molar-refractivity contribution in [3.05, 3.63) is 97.8 Å². The van der Waals surface area contributed by atoms with Crippen LogP contribution < -0.4 is 10.9 Å². The highest BCUT2D eigenvalue weighted by Gasteiger charge is 2.20. The molecule has 0 saturated heterocycles. The van der Waals surface area contributed by atoms with Crippen LogP contribution >= 0.6 is 23.4 Å². The van der Waals surface area contributed by atoms with Crippen molar-refractivity contribution in [2.75, 3.05) is 11.1 Å². The summed E-state index contributed by atoms with van der Waals surface area (Å²) in [5.41, 5.74) is 1.69. The smallest absolute Gasteiger partial charge is 0.294 e. The van der Waals surface area contributed by atoms with Crippen LogP contribution in [0.3, 0.4) is 0 Å². The maximum atomic E-state index is 13.5. The number of nitro benzene ring substituents is 1. The Kier molecular flexibility index (Phi) is 7.18. The van der Waals surface area contributed by atoms with Crippen LogP contribution in [0.4, 0.5) is 11.4 Å². The quantitative estimate of drug-likeness (QED) is 0.146. The van der Waals surface area contributed by atoms with Gasteiger partial charge in [0.05, 0.1) is 27.3 Å². The van der Waals surface area contributed by atoms with Gasteiger partial charge in [-0.25, -0.2) is 4.98 Å². The van der Waals surface area contributed by atoms with Crippen LogP contribution in [0.2, 0.25) is 5.02 Å². The van der Waals surface area contributed by atoms with Gasteiger partial charge in [0.2, 0.25) is 5.91 Å². The van der Waals surface area contributed by atoms with E-state index in [2.05, 4.69) is 10.3 Å². The Balaban J connectivity index is 1.71. The fraction of sp³-hybridized carbons (Fsp3) is 0.160. The van der Waals surface area contributed by atoms with Gasteiger partial charge in [-0.05, 0) is 41.8 Å². The molecule has 0 aliphatic rings. The summed E-state index contributed by atoms with van der Waals surface area (Å²) in [6, 6.07) is 18.6. The zero-order valence-electron chi connectivity index (χ0n) is 18.9. The third-order valence-corrected chi connectivity index (χ3v) is 6.48. The van der Waals surface area contributed by atoms with Crippen molar-refractivity contribution in [1.82, 2.24) is 9.55 Å². The molecule has 1 amide bonds. The van der Waals surface area contributed by atoms with Crippen molar-refractivity contribution in [2.24, 2.45) is 0 Å². The lowest BCUT2D eigenvalue weighted by Gasteiger charge is -2.18. The minimum Gasteiger partial charge on any atom is -0.320 e. The first-order valence-electron chi connectivity index (χ1n) is 10.7. The van der Waals surface area contributed by atoms with E-state index in [0.717, 1.165) is 17.3 Å². The number of amides is 1. The molecule has 0 bridgehead atoms. The molecule has 4 aromatic rings. The minimum absolute atomic E-state index is 0.0408. The number of benzene rings is 3. The Morgan fingerprint density at radius 2 is 1.86 bits per heavy atom. The molecule has 0 spiro atoms. The first-order chi connectivity index (χ1) is 16.8. The van der Waals surface area contributed by atoms with E-state index in [1.54, 1.807) is 24.3 Å². The second kappa shape index (κ2) is 10.3. The Hall–Kier alpha value is -3.69. The van der Waals surface area contributed by atoms with Crippen LogP contribution in [0.25, 0.3) is 16.6 Å². The van der Waals surface area contributed by atoms with Gasteiger partial charge in [-0.2, -0.15) is 0 Å². The number of thioether (sulfide) groups is 1. The van der Waals surface area contributed by atoms with E-state index in [-0.39, 0.29) is 33.6 Å². The first-order valence-corrected chi connectivity index (χ1v) is 12.1. The number of carbonyl (C=O) groups excluding carboxylic acids is 1. The molecule has 4 rings (SSSR count). The van der Waals surface area contributed by atoms with E-state index in [0.29, 0.717) is 21.7 Å². The van der Waals surface area contributed by atoms with Gasteiger partial charge < -0.3 is 5.32 Å². The summed E-state index contributed by atoms with van der Waals surface area (Å²) in [7, 11) is 0. The van der Waals surface area contributed by atoms with E-state index in [1.807, 2.05) is 38.1 Å². The topological polar surface area (TPSA) is 107 Å². The van der Waals surface area contributed by atoms with E-state index in [4.69, 9.17) is 11.6 Å². The van der Waals surface area contributed by atoms with Gasteiger partial charge in [0.1, 0.15) is 5.69 Å². The number of anilines is 1. The monoisotopic (exact) mass is 508 g/mol. The Labute approximate surface area is 210 Å². The Morgan fingerprint density at radius 1 is 1.14 bits per heavy atom. The second-order valence-electron chi connectivity index (χ2n) is 8.02. The highest BCUT2D eigenvalue weighted by molar-refractivity contribution is 7.99. The molecule has 0 fully saturated rings. The van der Waals surface area contributed by atoms with Crippen molar-refractivity contribution in [1.29, 1.82) is 0 Å². The average Bonchev–Trinajstić information content (AvgIpc) is 2.84. The molecule has 1 aromatic heterocycles. The summed E-state index contributed by atoms with van der Waals surface area (Å²) in [6.45, 7) is 4.08. The number of aromatic nitrogens is 2. The molecule has 1 N–H and O–H groups in total. The molecule has 8 nitrogen and oxygen atoms in total. The van der Waals surface area contributed by atoms with Crippen molar-refractivity contribution in [3.8, 4) is 5.69 Å². The molecule has 0 saturated carbocycles. The van der Waals surface area contributed by atoms with Gasteiger partial charge in [0.15, 0.2) is 5.16 Å². The molecule has 0 aliphatic carbocycles. The number of nitrogens with one attached hydrogen (secondary N) is 1. The van der Waals surface area contributed by atoms with Crippen molar-refractivity contribution in [2.45, 2.75) is 24.9 Å². The van der Waals surface area contributed by atoms with Crippen LogP contribution in [0.1, 0.15) is 25.3 Å². The Morgan fingerprint density at radius 3 is 2.60 bits per heavy atom. The maximum Gasteiger partial charge on any atom is 0.294 e. The molecule has 0 atom stereocenters. The van der Waals surface area contributed by atoms with Gasteiger partial charge in [0, 0.05) is 11.1 Å². The number of hydrogen-bond acceptors (Lipinski definition) is 6. The fourth-order valence-electron chi connectivity index (χ4n) is 3.68. The van der Waals surface area contributed by atoms with Crippen LogP contribution in [-0.4, -0.2) is 26.1 Å². The summed E-state index contributed by atoms with van der Waals surface area (Å²) in [6.07, 6.45) is 0. The maximum absolute atomic E-state index is 13.5. The summed E-state index contributed by atoms with van der Waals surface area (Å²) in [5, 5.41) is 14.9. The number of fused-ring (bicyclic) bond motifs is 1. The first kappa shape index (κ1) is 24.4. The van der Waals surface area contributed by atoms with Gasteiger partial charge in [-0.15, -0.1) is 0 Å². The number of hydrogen-bond donors (Lipinski definition) is 1. The van der Waals surface area contributed by atoms with Gasteiger partial charge >= 0.3 is 0 Å². The van der Waals surface area contributed by atoms with Gasteiger partial charge in [-0.1, -0.05) is 67.5 Å². The van der Waals surface area contributed by atoms with Gasteiger partial charge in [0.25, 0.3) is 11.2 Å². The van der Waals surface area contributed by atoms with Crippen molar-refractivity contribution >= 4 is 51.5 Å². The zero-order valence-corrected chi connectivity index (χ0v) is 20.5. The van der Waals surface area contributed by atoms with Crippen LogP contribution in [0.15, 0.2) is 76.7 Å². The summed E-state index contributed by atoms with van der Waals surface area (Å²) < 4.78 is 1.53. The van der Waals surface area contributed by atoms with Crippen LogP contribution in [0, 0.1) is 10.1 Å². The van der Waals surface area contributed by atoms with Gasteiger partial charge in [-0.3, -0.25) is 24.3 Å². The fourth-order valence-corrected chi connectivity index (χ4v) is 4.65. The normalized spacial score (nSPS) is 11.1. The largest absolute Gasteiger partial charge is 0.320 e. The summed E-state index contributed by atoms with van der Waals surface area (Å²) in [4.78, 5) is 41.6. The summed E-state index contributed by atoms with van der Waals surface area (Å²) in [5.74, 6) is -0.447. The number of para-hydroxylation sites is 2. The molecular weight excluding hydrogens is 488 g/mol. The molecule has 0 aliphatic heterocycles. The zero-order chi connectivity index (χ0) is 25.1. The molecule has 10 heteroatoms. The second-order valence-corrected chi connectivity index (χ2v) is 9.40. The number of nitrogens with zero attached hydrogens (tertiary/aromatic N) is 3. The number of halogens is 1. The molecule has 1 heterocycles. The predicted molar refractivity (Wildman–Crippen MR) is 139 cm³/mol. The third kappa shape index (κ3) is 5.21. The van der Waals surface area contributed by atoms with Crippen LogP contribution in [0.5, 0.6) is 0 Å². The lowest BCUT2D eigenvalue weighted by molar-refractivity contribution is -0.383. The van der Waals surface area contributed by atoms with Crippen molar-refractivity contribution < 1.29 is 9.72 Å². The lowest BCUT2D eigenvalue weighted by atomic mass is 10.0. The number of carbonyl (C=O) groups is 1. The molecule has 0 unspecified atom stereocenters. The molecule has 0 radical (unpaired) electrons. The van der Waals surface area contributed by atoms with E-state index < -0.39 is 10.8 Å². The van der Waals surface area contributed by atoms with E-state index in [9.17, 15) is 19.7 Å². The third-order valence-electron chi connectivity index (χ3n) is 5.31. The average molecular weight is 509 g/mol. The Bertz CT molecular complexity index is 1500. The van der Waals surface area contributed by atoms with E-state index in [1.165, 1.54) is 22.8 Å². The molecule has 35 heavy (non-hydrogen) atoms. The highest BCUT2D eigenvalue weighted by atomic mass is 35.5. The van der Waals surface area contributed by atoms with E-state index >= 15 is 0 Å². The molecule has 178 valence electrons. The number of rotatable bonds is 7. The summed E-state index contributed by atoms with van der Waals surface area (Å²) >= 11 is 6.93. The number of nitro groups is 1. The highest BCUT2D eigenvalue weighted by Crippen LogP contribution is 2.29. The van der Waals surface area contributed by atoms with Crippen molar-refractivity contribution in [3.63, 3.8) is 0 Å².